The molecule has 15 heavy (non-hydrogen) atoms. The molecule has 0 aliphatic rings. The number of methoxy groups -OCH3 is 2. The number of rotatable bonds is 4. The van der Waals surface area contributed by atoms with Crippen LogP contribution in [0.4, 0.5) is 0 Å². The summed E-state index contributed by atoms with van der Waals surface area (Å²) in [5, 5.41) is 9.37. The molecule has 0 saturated heterocycles. The first-order chi connectivity index (χ1) is 7.08. The lowest BCUT2D eigenvalue weighted by atomic mass is 10.1. The van der Waals surface area contributed by atoms with Crippen LogP contribution in [0.5, 0.6) is 11.5 Å². The second-order valence-corrected chi connectivity index (χ2v) is 4.43. The summed E-state index contributed by atoms with van der Waals surface area (Å²) in [6.07, 6.45) is 0.238. The van der Waals surface area contributed by atoms with E-state index in [0.29, 0.717) is 6.42 Å². The fraction of sp³-hybridized carbons (Fsp3) is 0.455. The third-order valence-corrected chi connectivity index (χ3v) is 3.28. The highest BCUT2D eigenvalue weighted by Crippen LogP contribution is 2.30. The second kappa shape index (κ2) is 5.55. The van der Waals surface area contributed by atoms with Gasteiger partial charge in [0.2, 0.25) is 0 Å². The molecule has 1 atom stereocenters. The van der Waals surface area contributed by atoms with Gasteiger partial charge in [0.05, 0.1) is 23.9 Å². The molecule has 1 aromatic carbocycles. The number of benzene rings is 1. The van der Waals surface area contributed by atoms with Crippen LogP contribution < -0.4 is 9.47 Å². The molecule has 84 valence electrons. The van der Waals surface area contributed by atoms with Gasteiger partial charge in [0.1, 0.15) is 11.5 Å². The lowest BCUT2D eigenvalue weighted by Crippen LogP contribution is -2.06. The standard InChI is InChI=1S/C11H15IO3/c1-7(13)4-8-5-9(14-2)6-10(15-3)11(8)12/h5-7,13H,4H2,1-3H3/t7-/m1/s1. The molecule has 0 fully saturated rings. The first-order valence-electron chi connectivity index (χ1n) is 4.67. The van der Waals surface area contributed by atoms with Gasteiger partial charge in [-0.05, 0) is 47.6 Å². The minimum Gasteiger partial charge on any atom is -0.497 e. The molecule has 0 heterocycles. The van der Waals surface area contributed by atoms with Crippen LogP contribution in [-0.2, 0) is 6.42 Å². The minimum absolute atomic E-state index is 0.365. The number of aliphatic hydroxyl groups is 1. The van der Waals surface area contributed by atoms with Crippen LogP contribution in [-0.4, -0.2) is 25.4 Å². The van der Waals surface area contributed by atoms with Crippen LogP contribution in [0.25, 0.3) is 0 Å². The lowest BCUT2D eigenvalue weighted by molar-refractivity contribution is 0.195. The molecule has 0 aliphatic carbocycles. The molecule has 0 bridgehead atoms. The SMILES string of the molecule is COc1cc(C[C@@H](C)O)c(I)c(OC)c1. The fourth-order valence-corrected chi connectivity index (χ4v) is 2.11. The molecule has 0 aliphatic heterocycles. The summed E-state index contributed by atoms with van der Waals surface area (Å²) < 4.78 is 11.4. The average Bonchev–Trinajstić information content (AvgIpc) is 2.20. The topological polar surface area (TPSA) is 38.7 Å². The van der Waals surface area contributed by atoms with Crippen LogP contribution in [0.2, 0.25) is 0 Å². The molecule has 4 heteroatoms. The highest BCUT2D eigenvalue weighted by Gasteiger charge is 2.11. The van der Waals surface area contributed by atoms with Crippen molar-refractivity contribution in [3.05, 3.63) is 21.3 Å². The molecular weight excluding hydrogens is 307 g/mol. The van der Waals surface area contributed by atoms with Crippen molar-refractivity contribution < 1.29 is 14.6 Å². The highest BCUT2D eigenvalue weighted by atomic mass is 127. The molecule has 0 radical (unpaired) electrons. The van der Waals surface area contributed by atoms with Crippen molar-refractivity contribution in [2.75, 3.05) is 14.2 Å². The Morgan fingerprint density at radius 3 is 2.47 bits per heavy atom. The van der Waals surface area contributed by atoms with Gasteiger partial charge in [-0.3, -0.25) is 0 Å². The van der Waals surface area contributed by atoms with E-state index in [0.717, 1.165) is 20.6 Å². The predicted molar refractivity (Wildman–Crippen MR) is 67.6 cm³/mol. The molecule has 1 rings (SSSR count). The summed E-state index contributed by atoms with van der Waals surface area (Å²) in [6.45, 7) is 1.77. The van der Waals surface area contributed by atoms with Crippen molar-refractivity contribution in [2.24, 2.45) is 0 Å². The molecule has 0 aromatic heterocycles. The Kier molecular flexibility index (Phi) is 4.66. The Labute approximate surface area is 104 Å². The van der Waals surface area contributed by atoms with Gasteiger partial charge in [0.15, 0.2) is 0 Å². The summed E-state index contributed by atoms with van der Waals surface area (Å²) in [6, 6.07) is 3.77. The molecule has 0 amide bonds. The molecule has 3 nitrogen and oxygen atoms in total. The Morgan fingerprint density at radius 2 is 2.00 bits per heavy atom. The van der Waals surface area contributed by atoms with E-state index in [2.05, 4.69) is 22.6 Å². The summed E-state index contributed by atoms with van der Waals surface area (Å²) in [4.78, 5) is 0. The molecule has 1 N–H and O–H groups in total. The van der Waals surface area contributed by atoms with Crippen molar-refractivity contribution in [3.63, 3.8) is 0 Å². The third kappa shape index (κ3) is 3.24. The second-order valence-electron chi connectivity index (χ2n) is 3.36. The van der Waals surface area contributed by atoms with E-state index in [4.69, 9.17) is 9.47 Å². The van der Waals surface area contributed by atoms with Gasteiger partial charge < -0.3 is 14.6 Å². The van der Waals surface area contributed by atoms with Crippen LogP contribution in [0, 0.1) is 3.57 Å². The number of hydrogen-bond acceptors (Lipinski definition) is 3. The zero-order chi connectivity index (χ0) is 11.4. The Hall–Kier alpha value is -0.490. The monoisotopic (exact) mass is 322 g/mol. The Balaban J connectivity index is 3.12. The van der Waals surface area contributed by atoms with Crippen molar-refractivity contribution >= 4 is 22.6 Å². The summed E-state index contributed by atoms with van der Waals surface area (Å²) >= 11 is 2.22. The van der Waals surface area contributed by atoms with Gasteiger partial charge in [-0.1, -0.05) is 0 Å². The lowest BCUT2D eigenvalue weighted by Gasteiger charge is -2.12. The van der Waals surface area contributed by atoms with E-state index >= 15 is 0 Å². The van der Waals surface area contributed by atoms with E-state index in [1.54, 1.807) is 21.1 Å². The third-order valence-electron chi connectivity index (χ3n) is 2.06. The van der Waals surface area contributed by atoms with Gasteiger partial charge in [0.25, 0.3) is 0 Å². The van der Waals surface area contributed by atoms with Crippen LogP contribution >= 0.6 is 22.6 Å². The fourth-order valence-electron chi connectivity index (χ4n) is 1.36. The van der Waals surface area contributed by atoms with Gasteiger partial charge in [-0.2, -0.15) is 0 Å². The largest absolute Gasteiger partial charge is 0.497 e. The molecule has 0 unspecified atom stereocenters. The normalized spacial score (nSPS) is 12.3. The van der Waals surface area contributed by atoms with E-state index in [-0.39, 0.29) is 6.10 Å². The van der Waals surface area contributed by atoms with Gasteiger partial charge in [-0.25, -0.2) is 0 Å². The van der Waals surface area contributed by atoms with E-state index in [1.807, 2.05) is 12.1 Å². The maximum absolute atomic E-state index is 9.37. The van der Waals surface area contributed by atoms with Crippen LogP contribution in [0.3, 0.4) is 0 Å². The van der Waals surface area contributed by atoms with Crippen molar-refractivity contribution in [1.29, 1.82) is 0 Å². The van der Waals surface area contributed by atoms with Crippen molar-refractivity contribution in [1.82, 2.24) is 0 Å². The van der Waals surface area contributed by atoms with Gasteiger partial charge >= 0.3 is 0 Å². The van der Waals surface area contributed by atoms with Crippen molar-refractivity contribution in [2.45, 2.75) is 19.4 Å². The first kappa shape index (κ1) is 12.6. The Morgan fingerprint density at radius 1 is 1.33 bits per heavy atom. The summed E-state index contributed by atoms with van der Waals surface area (Å²) in [5.74, 6) is 1.54. The summed E-state index contributed by atoms with van der Waals surface area (Å²) in [7, 11) is 3.25. The van der Waals surface area contributed by atoms with Crippen LogP contribution in [0.15, 0.2) is 12.1 Å². The predicted octanol–water partition coefficient (Wildman–Crippen LogP) is 2.23. The molecule has 0 spiro atoms. The van der Waals surface area contributed by atoms with Crippen LogP contribution in [0.1, 0.15) is 12.5 Å². The van der Waals surface area contributed by atoms with Crippen molar-refractivity contribution in [3.8, 4) is 11.5 Å². The quantitative estimate of drug-likeness (QED) is 0.864. The first-order valence-corrected chi connectivity index (χ1v) is 5.74. The van der Waals surface area contributed by atoms with Gasteiger partial charge in [-0.15, -0.1) is 0 Å². The van der Waals surface area contributed by atoms with Gasteiger partial charge in [0, 0.05) is 6.07 Å². The zero-order valence-corrected chi connectivity index (χ0v) is 11.2. The maximum Gasteiger partial charge on any atom is 0.136 e. The average molecular weight is 322 g/mol. The minimum atomic E-state index is -0.365. The smallest absolute Gasteiger partial charge is 0.136 e. The maximum atomic E-state index is 9.37. The number of aliphatic hydroxyl groups excluding tert-OH is 1. The number of hydrogen-bond donors (Lipinski definition) is 1. The highest BCUT2D eigenvalue weighted by molar-refractivity contribution is 14.1. The zero-order valence-electron chi connectivity index (χ0n) is 9.08. The van der Waals surface area contributed by atoms with E-state index < -0.39 is 0 Å². The van der Waals surface area contributed by atoms with E-state index in [1.165, 1.54) is 0 Å². The number of halogens is 1. The number of ether oxygens (including phenoxy) is 2. The molecule has 1 aromatic rings. The molecular formula is C11H15IO3. The molecule has 0 saturated carbocycles. The van der Waals surface area contributed by atoms with E-state index in [9.17, 15) is 5.11 Å². The summed E-state index contributed by atoms with van der Waals surface area (Å²) in [5.41, 5.74) is 1.04. The Bertz CT molecular complexity index is 337.